The molecule has 0 radical (unpaired) electrons. The van der Waals surface area contributed by atoms with Crippen molar-refractivity contribution in [1.29, 1.82) is 5.26 Å². The van der Waals surface area contributed by atoms with Crippen LogP contribution in [0, 0.1) is 18.3 Å². The van der Waals surface area contributed by atoms with E-state index in [1.54, 1.807) is 20.4 Å². The molecule has 0 saturated heterocycles. The number of nitriles is 1. The number of fused-ring (bicyclic) bond motifs is 3. The van der Waals surface area contributed by atoms with Crippen LogP contribution in [0.2, 0.25) is 5.02 Å². The molecule has 0 atom stereocenters. The summed E-state index contributed by atoms with van der Waals surface area (Å²) in [5, 5.41) is 16.2. The normalized spacial score (nSPS) is 10.8. The molecule has 4 rings (SSSR count). The first-order valence-corrected chi connectivity index (χ1v) is 11.1. The van der Waals surface area contributed by atoms with Crippen molar-refractivity contribution in [3.8, 4) is 23.3 Å². The van der Waals surface area contributed by atoms with Crippen molar-refractivity contribution < 1.29 is 14.2 Å². The average molecular weight is 482 g/mol. The van der Waals surface area contributed by atoms with Crippen LogP contribution in [0.5, 0.6) is 17.2 Å². The molecular weight excluding hydrogens is 461 g/mol. The van der Waals surface area contributed by atoms with Gasteiger partial charge >= 0.3 is 0 Å². The van der Waals surface area contributed by atoms with Crippen molar-refractivity contribution in [3.63, 3.8) is 0 Å². The molecule has 33 heavy (non-hydrogen) atoms. The van der Waals surface area contributed by atoms with Crippen molar-refractivity contribution in [3.05, 3.63) is 58.7 Å². The van der Waals surface area contributed by atoms with Crippen LogP contribution in [-0.4, -0.2) is 31.7 Å². The van der Waals surface area contributed by atoms with Gasteiger partial charge in [-0.1, -0.05) is 11.6 Å². The van der Waals surface area contributed by atoms with Crippen LogP contribution in [0.4, 0.5) is 11.4 Å². The number of hydrogen-bond donors (Lipinski definition) is 1. The van der Waals surface area contributed by atoms with Gasteiger partial charge in [-0.05, 0) is 42.8 Å². The highest BCUT2D eigenvalue weighted by Crippen LogP contribution is 2.41. The number of halogens is 2. The van der Waals surface area contributed by atoms with Gasteiger partial charge in [0.1, 0.15) is 18.4 Å². The number of benzene rings is 3. The number of rotatable bonds is 7. The van der Waals surface area contributed by atoms with E-state index in [0.717, 1.165) is 32.9 Å². The molecule has 0 fully saturated rings. The molecule has 0 aliphatic carbocycles. The smallest absolute Gasteiger partial charge is 0.169 e. The van der Waals surface area contributed by atoms with Crippen molar-refractivity contribution >= 4 is 56.3 Å². The highest BCUT2D eigenvalue weighted by molar-refractivity contribution is 6.32. The Morgan fingerprint density at radius 2 is 1.76 bits per heavy atom. The summed E-state index contributed by atoms with van der Waals surface area (Å²) in [5.41, 5.74) is 3.49. The molecule has 8 heteroatoms. The molecule has 0 aliphatic heterocycles. The second kappa shape index (κ2) is 9.62. The average Bonchev–Trinajstić information content (AvgIpc) is 2.83. The fourth-order valence-corrected chi connectivity index (χ4v) is 4.14. The van der Waals surface area contributed by atoms with Crippen LogP contribution in [-0.2, 0) is 0 Å². The van der Waals surface area contributed by atoms with Crippen LogP contribution in [0.15, 0.2) is 42.6 Å². The predicted octanol–water partition coefficient (Wildman–Crippen LogP) is 6.60. The molecule has 6 nitrogen and oxygen atoms in total. The molecule has 0 amide bonds. The van der Waals surface area contributed by atoms with Crippen LogP contribution >= 0.6 is 23.2 Å². The van der Waals surface area contributed by atoms with Gasteiger partial charge in [0.05, 0.1) is 41.9 Å². The zero-order valence-electron chi connectivity index (χ0n) is 18.3. The van der Waals surface area contributed by atoms with Gasteiger partial charge in [0.15, 0.2) is 11.5 Å². The Labute approximate surface area is 201 Å². The Bertz CT molecular complexity index is 1400. The van der Waals surface area contributed by atoms with E-state index >= 15 is 0 Å². The molecule has 4 aromatic rings. The molecule has 1 aromatic heterocycles. The molecular formula is C25H21Cl2N3O3. The number of ether oxygens (including phenoxy) is 3. The lowest BCUT2D eigenvalue weighted by Gasteiger charge is -2.17. The van der Waals surface area contributed by atoms with Crippen LogP contribution in [0.3, 0.4) is 0 Å². The monoisotopic (exact) mass is 481 g/mol. The third-order valence-electron chi connectivity index (χ3n) is 5.37. The molecule has 0 spiro atoms. The number of hydrogen-bond acceptors (Lipinski definition) is 6. The Kier molecular flexibility index (Phi) is 6.64. The SMILES string of the molecule is COc1cc(Nc2c(C#N)cnc3c2ccc2c(OCCCl)c(OC)ccc23)c(C)cc1Cl. The number of alkyl halides is 1. The van der Waals surface area contributed by atoms with E-state index < -0.39 is 0 Å². The topological polar surface area (TPSA) is 76.4 Å². The molecule has 1 N–H and O–H groups in total. The Morgan fingerprint density at radius 1 is 1.03 bits per heavy atom. The van der Waals surface area contributed by atoms with E-state index in [2.05, 4.69) is 16.4 Å². The molecule has 0 saturated carbocycles. The lowest BCUT2D eigenvalue weighted by molar-refractivity contribution is 0.316. The van der Waals surface area contributed by atoms with Crippen LogP contribution in [0.1, 0.15) is 11.1 Å². The van der Waals surface area contributed by atoms with E-state index in [1.807, 2.05) is 43.3 Å². The summed E-state index contributed by atoms with van der Waals surface area (Å²) in [6, 6.07) is 13.5. The molecule has 1 heterocycles. The van der Waals surface area contributed by atoms with Gasteiger partial charge in [0.25, 0.3) is 0 Å². The number of aryl methyl sites for hydroxylation is 1. The number of aromatic nitrogens is 1. The van der Waals surface area contributed by atoms with E-state index in [-0.39, 0.29) is 0 Å². The maximum absolute atomic E-state index is 9.77. The lowest BCUT2D eigenvalue weighted by Crippen LogP contribution is -2.02. The largest absolute Gasteiger partial charge is 0.495 e. The van der Waals surface area contributed by atoms with E-state index in [4.69, 9.17) is 37.4 Å². The van der Waals surface area contributed by atoms with Crippen molar-refractivity contribution in [2.75, 3.05) is 32.0 Å². The highest BCUT2D eigenvalue weighted by Gasteiger charge is 2.17. The first-order chi connectivity index (χ1) is 16.0. The predicted molar refractivity (Wildman–Crippen MR) is 133 cm³/mol. The minimum atomic E-state index is 0.348. The number of anilines is 2. The minimum absolute atomic E-state index is 0.348. The second-order valence-corrected chi connectivity index (χ2v) is 8.06. The molecule has 168 valence electrons. The van der Waals surface area contributed by atoms with Gasteiger partial charge in [-0.3, -0.25) is 4.98 Å². The van der Waals surface area contributed by atoms with Gasteiger partial charge in [-0.2, -0.15) is 5.26 Å². The summed E-state index contributed by atoms with van der Waals surface area (Å²) in [6.45, 7) is 2.28. The van der Waals surface area contributed by atoms with Gasteiger partial charge < -0.3 is 19.5 Å². The van der Waals surface area contributed by atoms with Gasteiger partial charge in [-0.25, -0.2) is 0 Å². The first kappa shape index (κ1) is 22.8. The molecule has 3 aromatic carbocycles. The molecule has 0 unspecified atom stereocenters. The maximum atomic E-state index is 9.77. The maximum Gasteiger partial charge on any atom is 0.169 e. The summed E-state index contributed by atoms with van der Waals surface area (Å²) in [4.78, 5) is 4.60. The third kappa shape index (κ3) is 4.18. The summed E-state index contributed by atoms with van der Waals surface area (Å²) in [7, 11) is 3.16. The molecule has 0 aliphatic rings. The van der Waals surface area contributed by atoms with Crippen LogP contribution < -0.4 is 19.5 Å². The van der Waals surface area contributed by atoms with E-state index in [9.17, 15) is 5.26 Å². The standard InChI is InChI=1S/C25H21Cl2N3O3/c1-14-10-19(27)22(32-3)11-20(14)30-23-15(12-28)13-29-24-16-6-7-21(31-2)25(33-9-8-26)17(16)4-5-18(23)24/h4-7,10-11,13H,8-9H2,1-3H3,(H,29,30). The van der Waals surface area contributed by atoms with Gasteiger partial charge in [0, 0.05) is 34.1 Å². The van der Waals surface area contributed by atoms with Crippen LogP contribution in [0.25, 0.3) is 21.7 Å². The fourth-order valence-electron chi connectivity index (χ4n) is 3.77. The quantitative estimate of drug-likeness (QED) is 0.236. The minimum Gasteiger partial charge on any atom is -0.495 e. The zero-order valence-corrected chi connectivity index (χ0v) is 19.8. The highest BCUT2D eigenvalue weighted by atomic mass is 35.5. The Hall–Kier alpha value is -3.40. The van der Waals surface area contributed by atoms with Gasteiger partial charge in [-0.15, -0.1) is 11.6 Å². The number of methoxy groups -OCH3 is 2. The lowest BCUT2D eigenvalue weighted by atomic mass is 10.0. The number of nitrogens with zero attached hydrogens (tertiary/aromatic N) is 2. The van der Waals surface area contributed by atoms with E-state index in [0.29, 0.717) is 46.0 Å². The molecule has 0 bridgehead atoms. The number of nitrogens with one attached hydrogen (secondary N) is 1. The fraction of sp³-hybridized carbons (Fsp3) is 0.200. The van der Waals surface area contributed by atoms with Crippen molar-refractivity contribution in [1.82, 2.24) is 4.98 Å². The second-order valence-electron chi connectivity index (χ2n) is 7.28. The van der Waals surface area contributed by atoms with Crippen molar-refractivity contribution in [2.45, 2.75) is 6.92 Å². The summed E-state index contributed by atoms with van der Waals surface area (Å²) >= 11 is 12.1. The number of pyridine rings is 1. The Morgan fingerprint density at radius 3 is 2.45 bits per heavy atom. The van der Waals surface area contributed by atoms with Gasteiger partial charge in [0.2, 0.25) is 0 Å². The third-order valence-corrected chi connectivity index (χ3v) is 5.82. The van der Waals surface area contributed by atoms with Crippen molar-refractivity contribution in [2.24, 2.45) is 0 Å². The summed E-state index contributed by atoms with van der Waals surface area (Å²) < 4.78 is 16.7. The summed E-state index contributed by atoms with van der Waals surface area (Å²) in [5.74, 6) is 2.12. The zero-order chi connectivity index (χ0) is 23.5. The van der Waals surface area contributed by atoms with E-state index in [1.165, 1.54) is 0 Å². The summed E-state index contributed by atoms with van der Waals surface area (Å²) in [6.07, 6.45) is 1.57. The first-order valence-electron chi connectivity index (χ1n) is 10.1. The Balaban J connectivity index is 1.94.